The molecule has 0 amide bonds. The van der Waals surface area contributed by atoms with Crippen molar-refractivity contribution >= 4 is 0 Å². The van der Waals surface area contributed by atoms with Gasteiger partial charge in [0.1, 0.15) is 5.82 Å². The maximum absolute atomic E-state index is 5.65. The summed E-state index contributed by atoms with van der Waals surface area (Å²) in [6.45, 7) is 8.22. The molecule has 4 nitrogen and oxygen atoms in total. The van der Waals surface area contributed by atoms with Crippen LogP contribution in [0.25, 0.3) is 0 Å². The van der Waals surface area contributed by atoms with E-state index in [0.717, 1.165) is 18.1 Å². The van der Waals surface area contributed by atoms with Gasteiger partial charge in [-0.25, -0.2) is 4.98 Å². The second-order valence-corrected chi connectivity index (χ2v) is 4.54. The Hall–Kier alpha value is -0.900. The summed E-state index contributed by atoms with van der Waals surface area (Å²) in [6, 6.07) is 0.126. The number of hydrogen-bond donors (Lipinski definition) is 2. The quantitative estimate of drug-likeness (QED) is 0.716. The van der Waals surface area contributed by atoms with Gasteiger partial charge in [-0.05, 0) is 6.92 Å². The molecule has 1 rings (SSSR count). The molecule has 0 saturated heterocycles. The van der Waals surface area contributed by atoms with E-state index in [1.165, 1.54) is 0 Å². The summed E-state index contributed by atoms with van der Waals surface area (Å²) in [5, 5.41) is 7.05. The molecule has 0 aromatic carbocycles. The van der Waals surface area contributed by atoms with Crippen molar-refractivity contribution in [2.75, 3.05) is 0 Å². The highest BCUT2D eigenvalue weighted by atomic mass is 15.2. The van der Waals surface area contributed by atoms with Crippen LogP contribution in [0.5, 0.6) is 0 Å². The molecule has 1 aromatic rings. The molecule has 4 heteroatoms. The van der Waals surface area contributed by atoms with Gasteiger partial charge in [-0.1, -0.05) is 20.8 Å². The Morgan fingerprint density at radius 3 is 2.46 bits per heavy atom. The molecule has 0 bridgehead atoms. The summed E-state index contributed by atoms with van der Waals surface area (Å²) in [7, 11) is 0. The zero-order chi connectivity index (χ0) is 10.1. The van der Waals surface area contributed by atoms with Crippen LogP contribution in [0.3, 0.4) is 0 Å². The minimum Gasteiger partial charge on any atom is -0.328 e. The van der Waals surface area contributed by atoms with Crippen molar-refractivity contribution in [3.63, 3.8) is 0 Å². The molecule has 1 aromatic heterocycles. The van der Waals surface area contributed by atoms with Gasteiger partial charge in [-0.3, -0.25) is 5.10 Å². The van der Waals surface area contributed by atoms with Gasteiger partial charge in [0.05, 0.1) is 0 Å². The van der Waals surface area contributed by atoms with Crippen LogP contribution >= 0.6 is 0 Å². The Labute approximate surface area is 78.9 Å². The molecule has 0 aliphatic heterocycles. The predicted octanol–water partition coefficient (Wildman–Crippen LogP) is 0.992. The van der Waals surface area contributed by atoms with Gasteiger partial charge in [0.25, 0.3) is 0 Å². The molecular weight excluding hydrogens is 164 g/mol. The van der Waals surface area contributed by atoms with Crippen molar-refractivity contribution in [2.24, 2.45) is 5.73 Å². The number of aromatic amines is 1. The highest BCUT2D eigenvalue weighted by Crippen LogP contribution is 2.17. The largest absolute Gasteiger partial charge is 0.328 e. The molecule has 0 aliphatic carbocycles. The molecule has 0 aliphatic rings. The SMILES string of the molecule is C[C@@H](N)Cc1nc(C(C)(C)C)n[nH]1. The topological polar surface area (TPSA) is 67.6 Å². The van der Waals surface area contributed by atoms with Crippen molar-refractivity contribution < 1.29 is 0 Å². The van der Waals surface area contributed by atoms with Crippen LogP contribution in [0, 0.1) is 0 Å². The second kappa shape index (κ2) is 3.46. The summed E-state index contributed by atoms with van der Waals surface area (Å²) >= 11 is 0. The van der Waals surface area contributed by atoms with Crippen LogP contribution < -0.4 is 5.73 Å². The van der Waals surface area contributed by atoms with E-state index < -0.39 is 0 Å². The van der Waals surface area contributed by atoms with Gasteiger partial charge in [-0.15, -0.1) is 0 Å². The zero-order valence-electron chi connectivity index (χ0n) is 8.76. The molecule has 0 saturated carbocycles. The fraction of sp³-hybridized carbons (Fsp3) is 0.778. The second-order valence-electron chi connectivity index (χ2n) is 4.54. The molecule has 0 radical (unpaired) electrons. The molecular formula is C9H18N4. The van der Waals surface area contributed by atoms with Gasteiger partial charge in [-0.2, -0.15) is 5.10 Å². The molecule has 13 heavy (non-hydrogen) atoms. The lowest BCUT2D eigenvalue weighted by Gasteiger charge is -2.11. The molecule has 74 valence electrons. The average molecular weight is 182 g/mol. The van der Waals surface area contributed by atoms with Crippen molar-refractivity contribution in [3.8, 4) is 0 Å². The maximum Gasteiger partial charge on any atom is 0.155 e. The van der Waals surface area contributed by atoms with Crippen LogP contribution in [0.1, 0.15) is 39.3 Å². The van der Waals surface area contributed by atoms with Crippen molar-refractivity contribution in [2.45, 2.75) is 45.6 Å². The van der Waals surface area contributed by atoms with Crippen molar-refractivity contribution in [1.82, 2.24) is 15.2 Å². The summed E-state index contributed by atoms with van der Waals surface area (Å²) in [4.78, 5) is 4.38. The third-order valence-electron chi connectivity index (χ3n) is 1.72. The first-order chi connectivity index (χ1) is 5.89. The number of aromatic nitrogens is 3. The van der Waals surface area contributed by atoms with Crippen molar-refractivity contribution in [1.29, 1.82) is 0 Å². The maximum atomic E-state index is 5.65. The fourth-order valence-corrected chi connectivity index (χ4v) is 1.03. The van der Waals surface area contributed by atoms with Crippen LogP contribution in [0.2, 0.25) is 0 Å². The highest BCUT2D eigenvalue weighted by Gasteiger charge is 2.19. The van der Waals surface area contributed by atoms with Gasteiger partial charge in [0.2, 0.25) is 0 Å². The number of H-pyrrole nitrogens is 1. The molecule has 0 fully saturated rings. The van der Waals surface area contributed by atoms with Crippen LogP contribution in [-0.4, -0.2) is 21.2 Å². The number of rotatable bonds is 2. The van der Waals surface area contributed by atoms with Crippen LogP contribution in [0.15, 0.2) is 0 Å². The monoisotopic (exact) mass is 182 g/mol. The minimum absolute atomic E-state index is 0.00653. The molecule has 0 spiro atoms. The third-order valence-corrected chi connectivity index (χ3v) is 1.72. The van der Waals surface area contributed by atoms with Crippen LogP contribution in [0.4, 0.5) is 0 Å². The number of nitrogens with two attached hydrogens (primary N) is 1. The normalized spacial score (nSPS) is 14.5. The minimum atomic E-state index is 0.00653. The van der Waals surface area contributed by atoms with Gasteiger partial charge >= 0.3 is 0 Å². The molecule has 3 N–H and O–H groups in total. The standard InChI is InChI=1S/C9H18N4/c1-6(10)5-7-11-8(13-12-7)9(2,3)4/h6H,5,10H2,1-4H3,(H,11,12,13)/t6-/m1/s1. The number of nitrogens with zero attached hydrogens (tertiary/aromatic N) is 2. The van der Waals surface area contributed by atoms with E-state index in [-0.39, 0.29) is 11.5 Å². The highest BCUT2D eigenvalue weighted by molar-refractivity contribution is 5.02. The van der Waals surface area contributed by atoms with Gasteiger partial charge in [0, 0.05) is 17.9 Å². The first-order valence-corrected chi connectivity index (χ1v) is 4.57. The smallest absolute Gasteiger partial charge is 0.155 e. The summed E-state index contributed by atoms with van der Waals surface area (Å²) < 4.78 is 0. The first kappa shape index (κ1) is 10.2. The van der Waals surface area contributed by atoms with Crippen molar-refractivity contribution in [3.05, 3.63) is 11.6 Å². The third kappa shape index (κ3) is 2.81. The lowest BCUT2D eigenvalue weighted by molar-refractivity contribution is 0.547. The summed E-state index contributed by atoms with van der Waals surface area (Å²) in [5.74, 6) is 1.73. The summed E-state index contributed by atoms with van der Waals surface area (Å²) in [6.07, 6.45) is 0.753. The van der Waals surface area contributed by atoms with E-state index in [9.17, 15) is 0 Å². The van der Waals surface area contributed by atoms with E-state index in [1.807, 2.05) is 6.92 Å². The first-order valence-electron chi connectivity index (χ1n) is 4.57. The van der Waals surface area contributed by atoms with Gasteiger partial charge in [0.15, 0.2) is 5.82 Å². The van der Waals surface area contributed by atoms with E-state index in [4.69, 9.17) is 5.73 Å². The number of nitrogens with one attached hydrogen (secondary N) is 1. The average Bonchev–Trinajstić information content (AvgIpc) is 2.32. The van der Waals surface area contributed by atoms with E-state index in [0.29, 0.717) is 0 Å². The fourth-order valence-electron chi connectivity index (χ4n) is 1.03. The van der Waals surface area contributed by atoms with Crippen LogP contribution in [-0.2, 0) is 11.8 Å². The lowest BCUT2D eigenvalue weighted by Crippen LogP contribution is -2.19. The van der Waals surface area contributed by atoms with E-state index in [2.05, 4.69) is 36.0 Å². The van der Waals surface area contributed by atoms with E-state index in [1.54, 1.807) is 0 Å². The molecule has 1 atom stereocenters. The Balaban J connectivity index is 2.75. The van der Waals surface area contributed by atoms with Gasteiger partial charge < -0.3 is 5.73 Å². The Morgan fingerprint density at radius 1 is 1.46 bits per heavy atom. The number of hydrogen-bond acceptors (Lipinski definition) is 3. The Morgan fingerprint density at radius 2 is 2.08 bits per heavy atom. The predicted molar refractivity (Wildman–Crippen MR) is 52.4 cm³/mol. The lowest BCUT2D eigenvalue weighted by atomic mass is 9.96. The Bertz CT molecular complexity index is 269. The molecule has 0 unspecified atom stereocenters. The zero-order valence-corrected chi connectivity index (χ0v) is 8.76. The van der Waals surface area contributed by atoms with E-state index >= 15 is 0 Å². The molecule has 1 heterocycles. The Kier molecular flexibility index (Phi) is 2.71. The summed E-state index contributed by atoms with van der Waals surface area (Å²) in [5.41, 5.74) is 5.66.